The number of carbonyl (C=O) groups is 1. The maximum Gasteiger partial charge on any atom is 0.347 e. The summed E-state index contributed by atoms with van der Waals surface area (Å²) in [6.07, 6.45) is 4.73. The van der Waals surface area contributed by atoms with Gasteiger partial charge in [-0.05, 0) is 73.2 Å². The number of allylic oxidation sites excluding steroid dienone is 1. The standard InChI is InChI=1S/C25H21F2N3O2S/c1-14-23(24(31)32)33-25(28-14)30-22(16-7-11-19(27)12-8-16)20-4-2-3-17(21(20)29-30)13-15-5-9-18(26)10-6-15/h5-13,20,22H,2-4H2,1H3,(H,31,32)/b17-13-. The van der Waals surface area contributed by atoms with Gasteiger partial charge in [0.05, 0.1) is 17.4 Å². The number of hydrogen-bond acceptors (Lipinski definition) is 5. The first kappa shape index (κ1) is 21.5. The predicted octanol–water partition coefficient (Wildman–Crippen LogP) is 6.23. The SMILES string of the molecule is Cc1nc(N2N=C3/C(=C\c4ccc(F)cc4)CCCC3C2c2ccc(F)cc2)sc1C(=O)O. The third kappa shape index (κ3) is 4.06. The number of fused-ring (bicyclic) bond motifs is 1. The molecule has 0 bridgehead atoms. The van der Waals surface area contributed by atoms with E-state index in [9.17, 15) is 18.7 Å². The van der Waals surface area contributed by atoms with E-state index in [1.165, 1.54) is 24.3 Å². The van der Waals surface area contributed by atoms with Crippen molar-refractivity contribution in [2.24, 2.45) is 11.0 Å². The van der Waals surface area contributed by atoms with Gasteiger partial charge in [0.15, 0.2) is 0 Å². The van der Waals surface area contributed by atoms with E-state index in [1.54, 1.807) is 36.2 Å². The van der Waals surface area contributed by atoms with Gasteiger partial charge in [0.1, 0.15) is 16.5 Å². The number of aromatic carboxylic acids is 1. The Morgan fingerprint density at radius 3 is 2.42 bits per heavy atom. The second kappa shape index (κ2) is 8.51. The lowest BCUT2D eigenvalue weighted by atomic mass is 9.77. The number of anilines is 1. The van der Waals surface area contributed by atoms with Crippen molar-refractivity contribution >= 4 is 34.2 Å². The molecule has 1 saturated carbocycles. The number of halogens is 2. The van der Waals surface area contributed by atoms with Gasteiger partial charge in [0.25, 0.3) is 0 Å². The molecule has 1 aromatic heterocycles. The largest absolute Gasteiger partial charge is 0.477 e. The molecule has 0 radical (unpaired) electrons. The van der Waals surface area contributed by atoms with Gasteiger partial charge in [-0.25, -0.2) is 23.6 Å². The quantitative estimate of drug-likeness (QED) is 0.496. The molecule has 0 amide bonds. The number of carboxylic acid groups (broad SMARTS) is 1. The van der Waals surface area contributed by atoms with Crippen LogP contribution in [0.3, 0.4) is 0 Å². The van der Waals surface area contributed by atoms with Crippen LogP contribution in [0.15, 0.2) is 59.2 Å². The van der Waals surface area contributed by atoms with Gasteiger partial charge in [-0.1, -0.05) is 35.6 Å². The molecule has 2 atom stereocenters. The van der Waals surface area contributed by atoms with Crippen LogP contribution in [-0.4, -0.2) is 21.8 Å². The van der Waals surface area contributed by atoms with Crippen molar-refractivity contribution in [1.29, 1.82) is 0 Å². The summed E-state index contributed by atoms with van der Waals surface area (Å²) in [7, 11) is 0. The van der Waals surface area contributed by atoms with Gasteiger partial charge in [0.2, 0.25) is 5.13 Å². The number of benzene rings is 2. The van der Waals surface area contributed by atoms with Gasteiger partial charge in [-0.15, -0.1) is 0 Å². The lowest BCUT2D eigenvalue weighted by Gasteiger charge is -2.29. The van der Waals surface area contributed by atoms with E-state index in [-0.39, 0.29) is 28.5 Å². The zero-order valence-corrected chi connectivity index (χ0v) is 18.6. The van der Waals surface area contributed by atoms with Crippen LogP contribution in [0, 0.1) is 24.5 Å². The molecule has 2 unspecified atom stereocenters. The van der Waals surface area contributed by atoms with Gasteiger partial charge in [-0.3, -0.25) is 0 Å². The van der Waals surface area contributed by atoms with Crippen LogP contribution in [0.4, 0.5) is 13.9 Å². The number of carboxylic acids is 1. The Bertz CT molecular complexity index is 1270. The highest BCUT2D eigenvalue weighted by atomic mass is 32.1. The van der Waals surface area contributed by atoms with Crippen molar-refractivity contribution in [3.8, 4) is 0 Å². The Labute approximate surface area is 193 Å². The molecule has 0 spiro atoms. The lowest BCUT2D eigenvalue weighted by molar-refractivity contribution is 0.0701. The van der Waals surface area contributed by atoms with Crippen molar-refractivity contribution in [2.45, 2.75) is 32.2 Å². The zero-order valence-electron chi connectivity index (χ0n) is 17.8. The molecule has 1 fully saturated rings. The van der Waals surface area contributed by atoms with Crippen LogP contribution >= 0.6 is 11.3 Å². The summed E-state index contributed by atoms with van der Waals surface area (Å²) < 4.78 is 27.0. The fourth-order valence-corrected chi connectivity index (χ4v) is 5.48. The van der Waals surface area contributed by atoms with E-state index < -0.39 is 5.97 Å². The maximum absolute atomic E-state index is 13.7. The normalized spacial score (nSPS) is 21.2. The summed E-state index contributed by atoms with van der Waals surface area (Å²) in [5, 5.41) is 16.7. The molecule has 3 aromatic rings. The molecule has 5 nitrogen and oxygen atoms in total. The van der Waals surface area contributed by atoms with Crippen molar-refractivity contribution < 1.29 is 18.7 Å². The van der Waals surface area contributed by atoms with Crippen LogP contribution in [0.5, 0.6) is 0 Å². The predicted molar refractivity (Wildman–Crippen MR) is 125 cm³/mol. The topological polar surface area (TPSA) is 65.8 Å². The molecule has 1 N–H and O–H groups in total. The number of hydrogen-bond donors (Lipinski definition) is 1. The fraction of sp³-hybridized carbons (Fsp3) is 0.240. The average Bonchev–Trinajstić information content (AvgIpc) is 3.37. The van der Waals surface area contributed by atoms with E-state index >= 15 is 0 Å². The van der Waals surface area contributed by atoms with Crippen molar-refractivity contribution in [3.63, 3.8) is 0 Å². The minimum atomic E-state index is -1.02. The van der Waals surface area contributed by atoms with E-state index in [0.717, 1.165) is 53.0 Å². The molecule has 8 heteroatoms. The molecule has 5 rings (SSSR count). The highest BCUT2D eigenvalue weighted by Gasteiger charge is 2.43. The summed E-state index contributed by atoms with van der Waals surface area (Å²) in [6, 6.07) is 12.5. The van der Waals surface area contributed by atoms with Gasteiger partial charge in [-0.2, -0.15) is 5.10 Å². The Morgan fingerprint density at radius 2 is 1.79 bits per heavy atom. The average molecular weight is 466 g/mol. The molecular weight excluding hydrogens is 444 g/mol. The molecular formula is C25H21F2N3O2S. The number of aryl methyl sites for hydroxylation is 1. The Morgan fingerprint density at radius 1 is 1.12 bits per heavy atom. The molecule has 1 aliphatic carbocycles. The van der Waals surface area contributed by atoms with Crippen LogP contribution in [-0.2, 0) is 0 Å². The summed E-state index contributed by atoms with van der Waals surface area (Å²) in [5.41, 5.74) is 4.22. The number of nitrogens with zero attached hydrogens (tertiary/aromatic N) is 3. The number of hydrazone groups is 1. The van der Waals surface area contributed by atoms with E-state index in [2.05, 4.69) is 4.98 Å². The zero-order chi connectivity index (χ0) is 23.1. The Balaban J connectivity index is 1.60. The summed E-state index contributed by atoms with van der Waals surface area (Å²) in [4.78, 5) is 16.3. The summed E-state index contributed by atoms with van der Waals surface area (Å²) in [5.74, 6) is -1.57. The lowest BCUT2D eigenvalue weighted by Crippen LogP contribution is -2.28. The first-order valence-electron chi connectivity index (χ1n) is 10.7. The smallest absolute Gasteiger partial charge is 0.347 e. The van der Waals surface area contributed by atoms with Gasteiger partial charge in [0, 0.05) is 5.92 Å². The molecule has 33 heavy (non-hydrogen) atoms. The number of aromatic nitrogens is 1. The summed E-state index contributed by atoms with van der Waals surface area (Å²) in [6.45, 7) is 1.67. The van der Waals surface area contributed by atoms with Crippen LogP contribution in [0.1, 0.15) is 51.8 Å². The third-order valence-corrected chi connectivity index (χ3v) is 7.23. The van der Waals surface area contributed by atoms with Crippen molar-refractivity contribution in [3.05, 3.63) is 87.4 Å². The minimum absolute atomic E-state index is 0.0494. The second-order valence-electron chi connectivity index (χ2n) is 8.26. The summed E-state index contributed by atoms with van der Waals surface area (Å²) >= 11 is 1.09. The molecule has 2 aliphatic rings. The van der Waals surface area contributed by atoms with Gasteiger partial charge >= 0.3 is 5.97 Å². The first-order chi connectivity index (χ1) is 15.9. The van der Waals surface area contributed by atoms with E-state index in [1.807, 2.05) is 6.08 Å². The van der Waals surface area contributed by atoms with Crippen LogP contribution in [0.2, 0.25) is 0 Å². The molecule has 1 aliphatic heterocycles. The monoisotopic (exact) mass is 465 g/mol. The third-order valence-electron chi connectivity index (χ3n) is 6.10. The highest BCUT2D eigenvalue weighted by Crippen LogP contribution is 2.47. The van der Waals surface area contributed by atoms with E-state index in [4.69, 9.17) is 5.10 Å². The van der Waals surface area contributed by atoms with E-state index in [0.29, 0.717) is 10.8 Å². The Kier molecular flexibility index (Phi) is 5.54. The Hall–Kier alpha value is -3.39. The first-order valence-corrected chi connectivity index (χ1v) is 11.5. The van der Waals surface area contributed by atoms with Crippen LogP contribution in [0.25, 0.3) is 6.08 Å². The van der Waals surface area contributed by atoms with Crippen LogP contribution < -0.4 is 5.01 Å². The minimum Gasteiger partial charge on any atom is -0.477 e. The molecule has 2 aromatic carbocycles. The number of thiazole rings is 1. The molecule has 168 valence electrons. The highest BCUT2D eigenvalue weighted by molar-refractivity contribution is 7.17. The molecule has 0 saturated heterocycles. The van der Waals surface area contributed by atoms with Gasteiger partial charge < -0.3 is 5.11 Å². The maximum atomic E-state index is 13.7. The molecule has 2 heterocycles. The second-order valence-corrected chi connectivity index (χ2v) is 9.24. The number of rotatable bonds is 4. The van der Waals surface area contributed by atoms with Crippen molar-refractivity contribution in [2.75, 3.05) is 5.01 Å². The fourth-order valence-electron chi connectivity index (χ4n) is 4.59. The van der Waals surface area contributed by atoms with Crippen molar-refractivity contribution in [1.82, 2.24) is 4.98 Å².